The van der Waals surface area contributed by atoms with Gasteiger partial charge in [-0.25, -0.2) is 0 Å². The van der Waals surface area contributed by atoms with Gasteiger partial charge in [-0.05, 0) is 62.1 Å². The zero-order valence-electron chi connectivity index (χ0n) is 20.0. The average molecular weight is 473 g/mol. The summed E-state index contributed by atoms with van der Waals surface area (Å²) in [5, 5.41) is 11.4. The van der Waals surface area contributed by atoms with Crippen LogP contribution in [0.2, 0.25) is 0 Å². The number of benzene rings is 2. The fourth-order valence-electron chi connectivity index (χ4n) is 6.01. The Bertz CT molecular complexity index is 1100. The average Bonchev–Trinajstić information content (AvgIpc) is 3.10. The molecule has 2 saturated carbocycles. The van der Waals surface area contributed by atoms with Gasteiger partial charge in [0, 0.05) is 11.7 Å². The maximum Gasteiger partial charge on any atom is 0.243 e. The Morgan fingerprint density at radius 3 is 2.06 bits per heavy atom. The SMILES string of the molecule is O=C(Nc1ccc(N=Nc2ccccc2)cc1)C1C(=O)N(C2CCCCC2)C(=O)C12CCCCC2. The summed E-state index contributed by atoms with van der Waals surface area (Å²) in [6.45, 7) is 0. The Kier molecular flexibility index (Phi) is 6.75. The molecule has 1 aliphatic heterocycles. The van der Waals surface area contributed by atoms with Crippen molar-refractivity contribution in [2.75, 3.05) is 5.32 Å². The van der Waals surface area contributed by atoms with E-state index in [1.54, 1.807) is 24.3 Å². The van der Waals surface area contributed by atoms with E-state index in [4.69, 9.17) is 0 Å². The summed E-state index contributed by atoms with van der Waals surface area (Å²) >= 11 is 0. The van der Waals surface area contributed by atoms with E-state index in [1.807, 2.05) is 30.3 Å². The molecule has 1 unspecified atom stereocenters. The Labute approximate surface area is 206 Å². The van der Waals surface area contributed by atoms with E-state index >= 15 is 0 Å². The molecule has 5 rings (SSSR count). The molecule has 2 aromatic carbocycles. The molecule has 3 aliphatic rings. The van der Waals surface area contributed by atoms with Crippen molar-refractivity contribution in [3.05, 3.63) is 54.6 Å². The van der Waals surface area contributed by atoms with Gasteiger partial charge in [0.15, 0.2) is 0 Å². The highest BCUT2D eigenvalue weighted by Crippen LogP contribution is 2.51. The highest BCUT2D eigenvalue weighted by atomic mass is 16.2. The topological polar surface area (TPSA) is 91.2 Å². The number of amides is 3. The van der Waals surface area contributed by atoms with Gasteiger partial charge in [-0.15, -0.1) is 0 Å². The Morgan fingerprint density at radius 1 is 0.800 bits per heavy atom. The van der Waals surface area contributed by atoms with E-state index in [1.165, 1.54) is 4.90 Å². The number of carbonyl (C=O) groups excluding carboxylic acids is 3. The number of nitrogens with zero attached hydrogens (tertiary/aromatic N) is 3. The van der Waals surface area contributed by atoms with Gasteiger partial charge in [0.05, 0.1) is 16.8 Å². The molecule has 0 bridgehead atoms. The second kappa shape index (κ2) is 10.1. The first-order chi connectivity index (χ1) is 17.1. The van der Waals surface area contributed by atoms with Crippen molar-refractivity contribution in [3.8, 4) is 0 Å². The van der Waals surface area contributed by atoms with Crippen LogP contribution in [0.5, 0.6) is 0 Å². The number of carbonyl (C=O) groups is 3. The number of imide groups is 1. The van der Waals surface area contributed by atoms with Gasteiger partial charge >= 0.3 is 0 Å². The van der Waals surface area contributed by atoms with Crippen LogP contribution in [0, 0.1) is 11.3 Å². The smallest absolute Gasteiger partial charge is 0.243 e. The van der Waals surface area contributed by atoms with E-state index in [9.17, 15) is 14.4 Å². The molecule has 1 saturated heterocycles. The van der Waals surface area contributed by atoms with Gasteiger partial charge in [-0.2, -0.15) is 10.2 Å². The van der Waals surface area contributed by atoms with Crippen LogP contribution in [0.1, 0.15) is 64.2 Å². The minimum Gasteiger partial charge on any atom is -0.325 e. The fourth-order valence-corrected chi connectivity index (χ4v) is 6.01. The van der Waals surface area contributed by atoms with Crippen LogP contribution in [-0.4, -0.2) is 28.7 Å². The third-order valence-electron chi connectivity index (χ3n) is 7.80. The van der Waals surface area contributed by atoms with Crippen LogP contribution in [0.4, 0.5) is 17.1 Å². The van der Waals surface area contributed by atoms with Crippen LogP contribution in [0.3, 0.4) is 0 Å². The Balaban J connectivity index is 1.33. The lowest BCUT2D eigenvalue weighted by atomic mass is 9.66. The standard InChI is InChI=1S/C28H32N4O3/c33-25(29-20-14-16-22(17-15-20)31-30-21-10-4-1-5-11-21)24-26(34)32(23-12-6-2-7-13-23)27(35)28(24)18-8-3-9-19-28/h1,4-5,10-11,14-17,23-24H,2-3,6-9,12-13,18-19H2,(H,29,33). The number of hydrogen-bond donors (Lipinski definition) is 1. The van der Waals surface area contributed by atoms with Gasteiger partial charge in [0.25, 0.3) is 0 Å². The largest absolute Gasteiger partial charge is 0.325 e. The molecular weight excluding hydrogens is 440 g/mol. The minimum atomic E-state index is -0.949. The van der Waals surface area contributed by atoms with E-state index < -0.39 is 11.3 Å². The van der Waals surface area contributed by atoms with E-state index in [0.29, 0.717) is 24.2 Å². The Hall–Kier alpha value is -3.35. The van der Waals surface area contributed by atoms with E-state index in [-0.39, 0.29) is 23.8 Å². The molecule has 7 heteroatoms. The molecule has 1 N–H and O–H groups in total. The zero-order chi connectivity index (χ0) is 24.3. The molecule has 2 aliphatic carbocycles. The van der Waals surface area contributed by atoms with Gasteiger partial charge in [0.2, 0.25) is 17.7 Å². The number of azo groups is 1. The summed E-state index contributed by atoms with van der Waals surface area (Å²) in [5.41, 5.74) is 1.11. The van der Waals surface area contributed by atoms with Crippen LogP contribution in [0.15, 0.2) is 64.8 Å². The first-order valence-corrected chi connectivity index (χ1v) is 12.8. The molecule has 1 spiro atoms. The molecule has 0 aromatic heterocycles. The van der Waals surface area contributed by atoms with Gasteiger partial charge < -0.3 is 5.32 Å². The van der Waals surface area contributed by atoms with Crippen LogP contribution in [0.25, 0.3) is 0 Å². The predicted octanol–water partition coefficient (Wildman–Crippen LogP) is 6.31. The van der Waals surface area contributed by atoms with Gasteiger partial charge in [0.1, 0.15) is 5.92 Å². The number of nitrogens with one attached hydrogen (secondary N) is 1. The lowest BCUT2D eigenvalue weighted by Crippen LogP contribution is -2.44. The lowest BCUT2D eigenvalue weighted by Gasteiger charge is -2.35. The number of anilines is 1. The van der Waals surface area contributed by atoms with Crippen LogP contribution in [-0.2, 0) is 14.4 Å². The highest BCUT2D eigenvalue weighted by Gasteiger charge is 2.63. The van der Waals surface area contributed by atoms with Crippen molar-refractivity contribution >= 4 is 34.8 Å². The molecule has 35 heavy (non-hydrogen) atoms. The summed E-state index contributed by atoms with van der Waals surface area (Å²) in [4.78, 5) is 42.3. The van der Waals surface area contributed by atoms with Crippen molar-refractivity contribution in [1.29, 1.82) is 0 Å². The predicted molar refractivity (Wildman–Crippen MR) is 133 cm³/mol. The summed E-state index contributed by atoms with van der Waals surface area (Å²) in [7, 11) is 0. The molecule has 1 heterocycles. The highest BCUT2D eigenvalue weighted by molar-refractivity contribution is 6.19. The van der Waals surface area contributed by atoms with Crippen molar-refractivity contribution in [2.45, 2.75) is 70.3 Å². The van der Waals surface area contributed by atoms with Crippen molar-refractivity contribution < 1.29 is 14.4 Å². The second-order valence-electron chi connectivity index (χ2n) is 10.0. The fraction of sp³-hybridized carbons (Fsp3) is 0.464. The van der Waals surface area contributed by atoms with Crippen molar-refractivity contribution in [3.63, 3.8) is 0 Å². The minimum absolute atomic E-state index is 0.0605. The summed E-state index contributed by atoms with van der Waals surface area (Å²) < 4.78 is 0. The normalized spacial score (nSPS) is 22.7. The van der Waals surface area contributed by atoms with Crippen LogP contribution >= 0.6 is 0 Å². The Morgan fingerprint density at radius 2 is 1.40 bits per heavy atom. The van der Waals surface area contributed by atoms with Crippen molar-refractivity contribution in [2.24, 2.45) is 21.6 Å². The number of likely N-dealkylation sites (tertiary alicyclic amines) is 1. The monoisotopic (exact) mass is 472 g/mol. The molecule has 7 nitrogen and oxygen atoms in total. The number of rotatable bonds is 5. The maximum absolute atomic E-state index is 13.7. The third-order valence-corrected chi connectivity index (χ3v) is 7.80. The number of hydrogen-bond acceptors (Lipinski definition) is 5. The van der Waals surface area contributed by atoms with Crippen LogP contribution < -0.4 is 5.32 Å². The van der Waals surface area contributed by atoms with Crippen molar-refractivity contribution in [1.82, 2.24) is 4.90 Å². The quantitative estimate of drug-likeness (QED) is 0.314. The molecule has 3 amide bonds. The molecular formula is C28H32N4O3. The third kappa shape index (κ3) is 4.64. The first-order valence-electron chi connectivity index (χ1n) is 12.8. The lowest BCUT2D eigenvalue weighted by molar-refractivity contribution is -0.145. The van der Waals surface area contributed by atoms with Gasteiger partial charge in [-0.1, -0.05) is 56.7 Å². The second-order valence-corrected chi connectivity index (χ2v) is 10.0. The molecule has 0 radical (unpaired) electrons. The first kappa shape index (κ1) is 23.4. The molecule has 1 atom stereocenters. The molecule has 2 aromatic rings. The summed E-state index contributed by atoms with van der Waals surface area (Å²) in [6, 6.07) is 16.5. The van der Waals surface area contributed by atoms with E-state index in [0.717, 1.165) is 57.1 Å². The summed E-state index contributed by atoms with van der Waals surface area (Å²) in [6.07, 6.45) is 8.91. The van der Waals surface area contributed by atoms with Gasteiger partial charge in [-0.3, -0.25) is 19.3 Å². The molecule has 3 fully saturated rings. The maximum atomic E-state index is 13.7. The zero-order valence-corrected chi connectivity index (χ0v) is 20.0. The summed E-state index contributed by atoms with van der Waals surface area (Å²) in [5.74, 6) is -1.72. The molecule has 182 valence electrons. The van der Waals surface area contributed by atoms with E-state index in [2.05, 4.69) is 15.5 Å².